The van der Waals surface area contributed by atoms with E-state index in [0.717, 1.165) is 12.0 Å². The SMILES string of the molecule is C=C(C)c1cccc(CCN(CCC)CCC)c1. The minimum Gasteiger partial charge on any atom is -0.303 e. The molecule has 0 bridgehead atoms. The molecule has 1 aromatic rings. The first-order valence-electron chi connectivity index (χ1n) is 7.14. The Morgan fingerprint density at radius 3 is 2.33 bits per heavy atom. The Morgan fingerprint density at radius 2 is 1.78 bits per heavy atom. The summed E-state index contributed by atoms with van der Waals surface area (Å²) in [5.41, 5.74) is 3.84. The van der Waals surface area contributed by atoms with Gasteiger partial charge in [-0.05, 0) is 50.4 Å². The van der Waals surface area contributed by atoms with Crippen LogP contribution in [0.2, 0.25) is 0 Å². The van der Waals surface area contributed by atoms with Gasteiger partial charge in [0, 0.05) is 6.54 Å². The first kappa shape index (κ1) is 15.0. The van der Waals surface area contributed by atoms with Crippen molar-refractivity contribution in [1.82, 2.24) is 4.90 Å². The monoisotopic (exact) mass is 245 g/mol. The van der Waals surface area contributed by atoms with Gasteiger partial charge >= 0.3 is 0 Å². The van der Waals surface area contributed by atoms with E-state index in [0.29, 0.717) is 0 Å². The minimum atomic E-state index is 1.14. The largest absolute Gasteiger partial charge is 0.303 e. The number of rotatable bonds is 8. The van der Waals surface area contributed by atoms with Crippen LogP contribution < -0.4 is 0 Å². The molecule has 0 radical (unpaired) electrons. The van der Waals surface area contributed by atoms with Crippen LogP contribution in [0, 0.1) is 0 Å². The second-order valence-electron chi connectivity index (χ2n) is 5.07. The average Bonchev–Trinajstić information content (AvgIpc) is 2.37. The third-order valence-corrected chi connectivity index (χ3v) is 3.22. The molecule has 0 saturated heterocycles. The van der Waals surface area contributed by atoms with Crippen molar-refractivity contribution in [2.45, 2.75) is 40.0 Å². The molecule has 0 aliphatic rings. The smallest absolute Gasteiger partial charge is 0.00218 e. The fourth-order valence-corrected chi connectivity index (χ4v) is 2.25. The highest BCUT2D eigenvalue weighted by molar-refractivity contribution is 5.61. The van der Waals surface area contributed by atoms with Gasteiger partial charge in [-0.25, -0.2) is 0 Å². The number of nitrogens with zero attached hydrogens (tertiary/aromatic N) is 1. The van der Waals surface area contributed by atoms with E-state index in [4.69, 9.17) is 0 Å². The minimum absolute atomic E-state index is 1.14. The van der Waals surface area contributed by atoms with Gasteiger partial charge in [0.15, 0.2) is 0 Å². The molecule has 0 heterocycles. The summed E-state index contributed by atoms with van der Waals surface area (Å²) in [6.45, 7) is 14.2. The lowest BCUT2D eigenvalue weighted by atomic mass is 10.0. The number of hydrogen-bond acceptors (Lipinski definition) is 1. The fourth-order valence-electron chi connectivity index (χ4n) is 2.25. The molecular weight excluding hydrogens is 218 g/mol. The molecular formula is C17H27N. The zero-order valence-electron chi connectivity index (χ0n) is 12.2. The quantitative estimate of drug-likeness (QED) is 0.657. The Kier molecular flexibility index (Phi) is 6.74. The number of allylic oxidation sites excluding steroid dienone is 1. The molecule has 1 rings (SSSR count). The summed E-state index contributed by atoms with van der Waals surface area (Å²) >= 11 is 0. The van der Waals surface area contributed by atoms with Crippen molar-refractivity contribution in [3.63, 3.8) is 0 Å². The Morgan fingerprint density at radius 1 is 1.11 bits per heavy atom. The van der Waals surface area contributed by atoms with Crippen molar-refractivity contribution in [2.75, 3.05) is 19.6 Å². The third kappa shape index (κ3) is 5.05. The fraction of sp³-hybridized carbons (Fsp3) is 0.529. The summed E-state index contributed by atoms with van der Waals surface area (Å²) in [5.74, 6) is 0. The molecule has 18 heavy (non-hydrogen) atoms. The van der Waals surface area contributed by atoms with Crippen LogP contribution in [0.1, 0.15) is 44.7 Å². The standard InChI is InChI=1S/C17H27N/c1-5-11-18(12-6-2)13-10-16-8-7-9-17(14-16)15(3)4/h7-9,14H,3,5-6,10-13H2,1-2,4H3. The van der Waals surface area contributed by atoms with Gasteiger partial charge in [-0.3, -0.25) is 0 Å². The number of hydrogen-bond donors (Lipinski definition) is 0. The number of benzene rings is 1. The van der Waals surface area contributed by atoms with Crippen molar-refractivity contribution in [3.05, 3.63) is 42.0 Å². The van der Waals surface area contributed by atoms with Crippen molar-refractivity contribution >= 4 is 5.57 Å². The van der Waals surface area contributed by atoms with Crippen LogP contribution in [0.4, 0.5) is 0 Å². The zero-order valence-corrected chi connectivity index (χ0v) is 12.2. The topological polar surface area (TPSA) is 3.24 Å². The van der Waals surface area contributed by atoms with E-state index in [9.17, 15) is 0 Å². The molecule has 0 amide bonds. The van der Waals surface area contributed by atoms with Crippen molar-refractivity contribution < 1.29 is 0 Å². The average molecular weight is 245 g/mol. The molecule has 0 spiro atoms. The molecule has 1 aromatic carbocycles. The Balaban J connectivity index is 2.55. The predicted molar refractivity (Wildman–Crippen MR) is 81.9 cm³/mol. The lowest BCUT2D eigenvalue weighted by molar-refractivity contribution is 0.278. The summed E-state index contributed by atoms with van der Waals surface area (Å²) in [6, 6.07) is 8.78. The van der Waals surface area contributed by atoms with Crippen LogP contribution in [0.5, 0.6) is 0 Å². The van der Waals surface area contributed by atoms with Crippen LogP contribution in [-0.2, 0) is 6.42 Å². The summed E-state index contributed by atoms with van der Waals surface area (Å²) in [6.07, 6.45) is 3.62. The van der Waals surface area contributed by atoms with E-state index in [1.165, 1.54) is 43.6 Å². The molecule has 0 N–H and O–H groups in total. The van der Waals surface area contributed by atoms with Crippen molar-refractivity contribution in [2.24, 2.45) is 0 Å². The van der Waals surface area contributed by atoms with Crippen LogP contribution in [0.15, 0.2) is 30.8 Å². The molecule has 0 aliphatic carbocycles. The van der Waals surface area contributed by atoms with E-state index >= 15 is 0 Å². The summed E-state index contributed by atoms with van der Waals surface area (Å²) in [5, 5.41) is 0. The molecule has 100 valence electrons. The lowest BCUT2D eigenvalue weighted by Crippen LogP contribution is -2.27. The summed E-state index contributed by atoms with van der Waals surface area (Å²) < 4.78 is 0. The second-order valence-corrected chi connectivity index (χ2v) is 5.07. The first-order valence-corrected chi connectivity index (χ1v) is 7.14. The molecule has 0 fully saturated rings. The molecule has 1 nitrogen and oxygen atoms in total. The van der Waals surface area contributed by atoms with Gasteiger partial charge < -0.3 is 4.90 Å². The van der Waals surface area contributed by atoms with E-state index in [-0.39, 0.29) is 0 Å². The maximum Gasteiger partial charge on any atom is 0.00218 e. The van der Waals surface area contributed by atoms with E-state index in [1.807, 2.05) is 0 Å². The first-order chi connectivity index (χ1) is 8.67. The molecule has 1 heteroatoms. The molecule has 0 aromatic heterocycles. The van der Waals surface area contributed by atoms with Gasteiger partial charge in [0.1, 0.15) is 0 Å². The Labute approximate surface area is 113 Å². The predicted octanol–water partition coefficient (Wildman–Crippen LogP) is 4.38. The van der Waals surface area contributed by atoms with Crippen LogP contribution in [0.3, 0.4) is 0 Å². The zero-order chi connectivity index (χ0) is 13.4. The van der Waals surface area contributed by atoms with Gasteiger partial charge in [0.2, 0.25) is 0 Å². The van der Waals surface area contributed by atoms with Gasteiger partial charge in [-0.1, -0.05) is 50.3 Å². The Bertz CT molecular complexity index is 362. The summed E-state index contributed by atoms with van der Waals surface area (Å²) in [7, 11) is 0. The van der Waals surface area contributed by atoms with Crippen molar-refractivity contribution in [1.29, 1.82) is 0 Å². The van der Waals surface area contributed by atoms with Crippen molar-refractivity contribution in [3.8, 4) is 0 Å². The molecule has 0 aliphatic heterocycles. The maximum absolute atomic E-state index is 4.01. The molecule has 0 unspecified atom stereocenters. The normalized spacial score (nSPS) is 10.9. The Hall–Kier alpha value is -1.08. The van der Waals surface area contributed by atoms with E-state index in [2.05, 4.69) is 56.5 Å². The van der Waals surface area contributed by atoms with Crippen LogP contribution >= 0.6 is 0 Å². The van der Waals surface area contributed by atoms with Crippen LogP contribution in [-0.4, -0.2) is 24.5 Å². The van der Waals surface area contributed by atoms with E-state index in [1.54, 1.807) is 0 Å². The van der Waals surface area contributed by atoms with Crippen LogP contribution in [0.25, 0.3) is 5.57 Å². The molecule has 0 atom stereocenters. The second kappa shape index (κ2) is 8.10. The van der Waals surface area contributed by atoms with Gasteiger partial charge in [-0.15, -0.1) is 0 Å². The molecule has 0 saturated carbocycles. The highest BCUT2D eigenvalue weighted by Gasteiger charge is 2.03. The van der Waals surface area contributed by atoms with Gasteiger partial charge in [0.25, 0.3) is 0 Å². The van der Waals surface area contributed by atoms with Gasteiger partial charge in [0.05, 0.1) is 0 Å². The highest BCUT2D eigenvalue weighted by atomic mass is 15.1. The van der Waals surface area contributed by atoms with E-state index < -0.39 is 0 Å². The van der Waals surface area contributed by atoms with Gasteiger partial charge in [-0.2, -0.15) is 0 Å². The third-order valence-electron chi connectivity index (χ3n) is 3.22. The highest BCUT2D eigenvalue weighted by Crippen LogP contribution is 2.14. The maximum atomic E-state index is 4.01. The summed E-state index contributed by atoms with van der Waals surface area (Å²) in [4.78, 5) is 2.56. The lowest BCUT2D eigenvalue weighted by Gasteiger charge is -2.20.